The molecule has 2 rings (SSSR count). The summed E-state index contributed by atoms with van der Waals surface area (Å²) >= 11 is 0. The van der Waals surface area contributed by atoms with Crippen molar-refractivity contribution in [3.63, 3.8) is 0 Å². The van der Waals surface area contributed by atoms with Gasteiger partial charge in [0.2, 0.25) is 0 Å². The van der Waals surface area contributed by atoms with Gasteiger partial charge in [0.05, 0.1) is 0 Å². The van der Waals surface area contributed by atoms with Crippen molar-refractivity contribution in [3.05, 3.63) is 29.8 Å². The van der Waals surface area contributed by atoms with Crippen molar-refractivity contribution in [3.8, 4) is 0 Å². The number of anilines is 1. The van der Waals surface area contributed by atoms with Crippen LogP contribution in [0.5, 0.6) is 0 Å². The average Bonchev–Trinajstić information content (AvgIpc) is 2.26. The molecule has 1 aliphatic rings. The fraction of sp³-hybridized carbons (Fsp3) is 0.533. The molecule has 1 N–H and O–H groups in total. The first-order valence-corrected chi connectivity index (χ1v) is 6.45. The van der Waals surface area contributed by atoms with E-state index in [1.807, 2.05) is 39.0 Å². The largest absolute Gasteiger partial charge is 0.458 e. The number of ether oxygens (including phenoxy) is 1. The number of nitrogens with one attached hydrogen (secondary N) is 1. The van der Waals surface area contributed by atoms with Gasteiger partial charge in [0.25, 0.3) is 0 Å². The van der Waals surface area contributed by atoms with Gasteiger partial charge in [0.15, 0.2) is 0 Å². The Morgan fingerprint density at radius 1 is 1.33 bits per heavy atom. The van der Waals surface area contributed by atoms with Crippen molar-refractivity contribution in [2.24, 2.45) is 0 Å². The SMILES string of the molecule is C[C@@H]1C[C@H](C(=O)OC(C)(C)C)Nc2ccccc21. The summed E-state index contributed by atoms with van der Waals surface area (Å²) in [5.74, 6) is 0.212. The lowest BCUT2D eigenvalue weighted by molar-refractivity contribution is -0.156. The third-order valence-electron chi connectivity index (χ3n) is 3.10. The van der Waals surface area contributed by atoms with E-state index in [2.05, 4.69) is 18.3 Å². The standard InChI is InChI=1S/C15H21NO2/c1-10-9-13(14(17)18-15(2,3)4)16-12-8-6-5-7-11(10)12/h5-8,10,13,16H,9H2,1-4H3/t10-,13-/m1/s1. The van der Waals surface area contributed by atoms with Crippen LogP contribution in [-0.4, -0.2) is 17.6 Å². The van der Waals surface area contributed by atoms with Gasteiger partial charge >= 0.3 is 5.97 Å². The van der Waals surface area contributed by atoms with Crippen molar-refractivity contribution in [1.29, 1.82) is 0 Å². The summed E-state index contributed by atoms with van der Waals surface area (Å²) in [6.45, 7) is 7.83. The van der Waals surface area contributed by atoms with E-state index in [9.17, 15) is 4.79 Å². The van der Waals surface area contributed by atoms with E-state index < -0.39 is 5.60 Å². The molecule has 0 saturated heterocycles. The molecule has 1 aliphatic heterocycles. The molecule has 0 saturated carbocycles. The van der Waals surface area contributed by atoms with E-state index in [-0.39, 0.29) is 12.0 Å². The molecule has 0 radical (unpaired) electrons. The number of benzene rings is 1. The van der Waals surface area contributed by atoms with Crippen LogP contribution in [0.25, 0.3) is 0 Å². The number of hydrogen-bond donors (Lipinski definition) is 1. The summed E-state index contributed by atoms with van der Waals surface area (Å²) < 4.78 is 5.44. The molecule has 0 aliphatic carbocycles. The van der Waals surface area contributed by atoms with E-state index in [0.717, 1.165) is 12.1 Å². The zero-order chi connectivity index (χ0) is 13.3. The average molecular weight is 247 g/mol. The van der Waals surface area contributed by atoms with Gasteiger partial charge in [-0.1, -0.05) is 25.1 Å². The van der Waals surface area contributed by atoms with E-state index >= 15 is 0 Å². The van der Waals surface area contributed by atoms with Crippen LogP contribution in [0.2, 0.25) is 0 Å². The van der Waals surface area contributed by atoms with Crippen LogP contribution in [0.3, 0.4) is 0 Å². The second-order valence-corrected chi connectivity index (χ2v) is 5.95. The Hall–Kier alpha value is -1.51. The van der Waals surface area contributed by atoms with Crippen LogP contribution in [-0.2, 0) is 9.53 Å². The number of hydrogen-bond acceptors (Lipinski definition) is 3. The van der Waals surface area contributed by atoms with Crippen molar-refractivity contribution >= 4 is 11.7 Å². The van der Waals surface area contributed by atoms with Crippen LogP contribution < -0.4 is 5.32 Å². The Balaban J connectivity index is 2.13. The maximum Gasteiger partial charge on any atom is 0.329 e. The topological polar surface area (TPSA) is 38.3 Å². The van der Waals surface area contributed by atoms with Crippen molar-refractivity contribution in [1.82, 2.24) is 0 Å². The van der Waals surface area contributed by atoms with Crippen molar-refractivity contribution < 1.29 is 9.53 Å². The minimum Gasteiger partial charge on any atom is -0.458 e. The second kappa shape index (κ2) is 4.63. The first kappa shape index (κ1) is 12.9. The van der Waals surface area contributed by atoms with Crippen molar-refractivity contribution in [2.75, 3.05) is 5.32 Å². The highest BCUT2D eigenvalue weighted by molar-refractivity contribution is 5.81. The fourth-order valence-electron chi connectivity index (χ4n) is 2.31. The lowest BCUT2D eigenvalue weighted by Crippen LogP contribution is -2.39. The highest BCUT2D eigenvalue weighted by atomic mass is 16.6. The summed E-state index contributed by atoms with van der Waals surface area (Å²) in [5.41, 5.74) is 1.89. The zero-order valence-corrected chi connectivity index (χ0v) is 11.5. The first-order chi connectivity index (χ1) is 8.37. The van der Waals surface area contributed by atoms with Gasteiger partial charge in [-0.15, -0.1) is 0 Å². The molecule has 18 heavy (non-hydrogen) atoms. The van der Waals surface area contributed by atoms with Gasteiger partial charge < -0.3 is 10.1 Å². The van der Waals surface area contributed by atoms with Gasteiger partial charge in [-0.3, -0.25) is 0 Å². The molecule has 0 amide bonds. The highest BCUT2D eigenvalue weighted by Gasteiger charge is 2.31. The lowest BCUT2D eigenvalue weighted by Gasteiger charge is -2.32. The van der Waals surface area contributed by atoms with Gasteiger partial charge in [0.1, 0.15) is 11.6 Å². The van der Waals surface area contributed by atoms with Gasteiger partial charge in [-0.2, -0.15) is 0 Å². The maximum atomic E-state index is 12.1. The van der Waals surface area contributed by atoms with Crippen LogP contribution in [0.1, 0.15) is 45.6 Å². The fourth-order valence-corrected chi connectivity index (χ4v) is 2.31. The summed E-state index contributed by atoms with van der Waals surface area (Å²) in [6, 6.07) is 7.90. The number of esters is 1. The Bertz CT molecular complexity index is 448. The number of fused-ring (bicyclic) bond motifs is 1. The highest BCUT2D eigenvalue weighted by Crippen LogP contribution is 2.34. The molecular weight excluding hydrogens is 226 g/mol. The zero-order valence-electron chi connectivity index (χ0n) is 11.5. The molecule has 1 aromatic rings. The molecule has 0 fully saturated rings. The molecule has 3 nitrogen and oxygen atoms in total. The predicted molar refractivity (Wildman–Crippen MR) is 72.7 cm³/mol. The summed E-state index contributed by atoms with van der Waals surface area (Å²) in [5, 5.41) is 3.28. The Morgan fingerprint density at radius 3 is 2.67 bits per heavy atom. The third-order valence-corrected chi connectivity index (χ3v) is 3.10. The molecule has 1 aromatic carbocycles. The second-order valence-electron chi connectivity index (χ2n) is 5.95. The predicted octanol–water partition coefficient (Wildman–Crippen LogP) is 3.32. The molecule has 0 spiro atoms. The monoisotopic (exact) mass is 247 g/mol. The first-order valence-electron chi connectivity index (χ1n) is 6.45. The van der Waals surface area contributed by atoms with Crippen LogP contribution in [0, 0.1) is 0 Å². The molecule has 2 atom stereocenters. The molecule has 98 valence electrons. The molecular formula is C15H21NO2. The molecule has 0 unspecified atom stereocenters. The third kappa shape index (κ3) is 2.84. The van der Waals surface area contributed by atoms with Gasteiger partial charge in [-0.05, 0) is 44.7 Å². The summed E-state index contributed by atoms with van der Waals surface area (Å²) in [7, 11) is 0. The van der Waals surface area contributed by atoms with Crippen LogP contribution in [0.15, 0.2) is 24.3 Å². The van der Waals surface area contributed by atoms with E-state index in [1.165, 1.54) is 5.56 Å². The summed E-state index contributed by atoms with van der Waals surface area (Å²) in [6.07, 6.45) is 0.784. The van der Waals surface area contributed by atoms with Gasteiger partial charge in [-0.25, -0.2) is 4.79 Å². The minimum absolute atomic E-state index is 0.163. The van der Waals surface area contributed by atoms with E-state index in [4.69, 9.17) is 4.74 Å². The smallest absolute Gasteiger partial charge is 0.329 e. The Morgan fingerprint density at radius 2 is 2.00 bits per heavy atom. The normalized spacial score (nSPS) is 22.9. The number of para-hydroxylation sites is 1. The lowest BCUT2D eigenvalue weighted by atomic mass is 9.88. The van der Waals surface area contributed by atoms with Crippen LogP contribution in [0.4, 0.5) is 5.69 Å². The quantitative estimate of drug-likeness (QED) is 0.774. The summed E-state index contributed by atoms with van der Waals surface area (Å²) in [4.78, 5) is 12.1. The van der Waals surface area contributed by atoms with E-state index in [1.54, 1.807) is 0 Å². The Kier molecular flexibility index (Phi) is 3.33. The van der Waals surface area contributed by atoms with Crippen LogP contribution >= 0.6 is 0 Å². The Labute approximate surface area is 109 Å². The molecule has 1 heterocycles. The molecule has 0 bridgehead atoms. The number of carbonyl (C=O) groups is 1. The molecule has 3 heteroatoms. The van der Waals surface area contributed by atoms with E-state index in [0.29, 0.717) is 5.92 Å². The molecule has 0 aromatic heterocycles. The maximum absolute atomic E-state index is 12.1. The van der Waals surface area contributed by atoms with Crippen molar-refractivity contribution in [2.45, 2.75) is 51.7 Å². The minimum atomic E-state index is -0.432. The van der Waals surface area contributed by atoms with Gasteiger partial charge in [0, 0.05) is 5.69 Å². The number of rotatable bonds is 1. The number of carbonyl (C=O) groups excluding carboxylic acids is 1.